The molecule has 124 valence electrons. The van der Waals surface area contributed by atoms with Crippen LogP contribution in [0.15, 0.2) is 36.4 Å². The molecular weight excluding hydrogens is 316 g/mol. The Kier molecular flexibility index (Phi) is 4.16. The molecule has 3 rings (SSSR count). The number of carbonyl (C=O) groups is 2. The second kappa shape index (κ2) is 6.27. The first-order chi connectivity index (χ1) is 11.5. The number of benzene rings is 2. The Morgan fingerprint density at radius 3 is 2.62 bits per heavy atom. The van der Waals surface area contributed by atoms with Crippen molar-refractivity contribution in [2.75, 3.05) is 23.3 Å². The normalized spacial score (nSPS) is 13.8. The number of aryl methyl sites for hydroxylation is 1. The van der Waals surface area contributed by atoms with Crippen LogP contribution in [0.5, 0.6) is 0 Å². The Morgan fingerprint density at radius 2 is 1.96 bits per heavy atom. The van der Waals surface area contributed by atoms with Crippen LogP contribution in [0.1, 0.15) is 15.9 Å². The van der Waals surface area contributed by atoms with Crippen molar-refractivity contribution in [3.8, 4) is 0 Å². The van der Waals surface area contributed by atoms with E-state index in [2.05, 4.69) is 10.6 Å². The van der Waals surface area contributed by atoms with Crippen molar-refractivity contribution in [3.63, 3.8) is 0 Å². The molecule has 0 saturated carbocycles. The summed E-state index contributed by atoms with van der Waals surface area (Å²) in [5, 5.41) is 5.09. The molecule has 1 heterocycles. The molecular formula is C17H15F2N3O2. The Bertz CT molecular complexity index is 823. The molecule has 2 aromatic carbocycles. The first-order valence-electron chi connectivity index (χ1n) is 7.38. The van der Waals surface area contributed by atoms with Crippen molar-refractivity contribution in [1.82, 2.24) is 5.32 Å². The van der Waals surface area contributed by atoms with Gasteiger partial charge in [0.05, 0.1) is 5.56 Å². The smallest absolute Gasteiger partial charge is 0.321 e. The number of nitrogens with zero attached hydrogens (tertiary/aromatic N) is 1. The minimum Gasteiger partial charge on any atom is -0.336 e. The van der Waals surface area contributed by atoms with E-state index in [0.717, 1.165) is 6.07 Å². The van der Waals surface area contributed by atoms with Gasteiger partial charge in [-0.15, -0.1) is 0 Å². The number of urea groups is 1. The number of halogens is 2. The highest BCUT2D eigenvalue weighted by Gasteiger charge is 2.23. The van der Waals surface area contributed by atoms with Crippen molar-refractivity contribution in [3.05, 3.63) is 59.2 Å². The Labute approximate surface area is 137 Å². The van der Waals surface area contributed by atoms with Gasteiger partial charge < -0.3 is 10.6 Å². The third-order valence-corrected chi connectivity index (χ3v) is 3.79. The summed E-state index contributed by atoms with van der Waals surface area (Å²) in [4.78, 5) is 25.4. The van der Waals surface area contributed by atoms with E-state index in [4.69, 9.17) is 0 Å². The summed E-state index contributed by atoms with van der Waals surface area (Å²) in [5.41, 5.74) is 0.882. The van der Waals surface area contributed by atoms with Crippen LogP contribution in [0.3, 0.4) is 0 Å². The lowest BCUT2D eigenvalue weighted by Crippen LogP contribution is -2.28. The van der Waals surface area contributed by atoms with Gasteiger partial charge in [-0.05, 0) is 42.8 Å². The van der Waals surface area contributed by atoms with Crippen LogP contribution in [-0.4, -0.2) is 25.0 Å². The lowest BCUT2D eigenvalue weighted by atomic mass is 10.1. The predicted octanol–water partition coefficient (Wildman–Crippen LogP) is 3.06. The zero-order chi connectivity index (χ0) is 17.3. The molecule has 1 aliphatic heterocycles. The molecule has 0 aromatic heterocycles. The van der Waals surface area contributed by atoms with E-state index >= 15 is 0 Å². The van der Waals surface area contributed by atoms with Gasteiger partial charge in [-0.25, -0.2) is 13.6 Å². The number of amides is 3. The van der Waals surface area contributed by atoms with Crippen LogP contribution in [0, 0.1) is 18.6 Å². The second-order valence-corrected chi connectivity index (χ2v) is 5.47. The monoisotopic (exact) mass is 331 g/mol. The van der Waals surface area contributed by atoms with Gasteiger partial charge in [0.15, 0.2) is 0 Å². The fourth-order valence-corrected chi connectivity index (χ4v) is 2.44. The summed E-state index contributed by atoms with van der Waals surface area (Å²) in [7, 11) is 0. The molecule has 0 unspecified atom stereocenters. The Morgan fingerprint density at radius 1 is 1.17 bits per heavy atom. The second-order valence-electron chi connectivity index (χ2n) is 5.47. The highest BCUT2D eigenvalue weighted by atomic mass is 19.1. The zero-order valence-corrected chi connectivity index (χ0v) is 12.9. The van der Waals surface area contributed by atoms with Crippen molar-refractivity contribution in [1.29, 1.82) is 0 Å². The number of hydrogen-bond donors (Lipinski definition) is 2. The summed E-state index contributed by atoms with van der Waals surface area (Å²) in [6, 6.07) is 7.80. The van der Waals surface area contributed by atoms with Gasteiger partial charge in [-0.1, -0.05) is 6.07 Å². The summed E-state index contributed by atoms with van der Waals surface area (Å²) in [6.45, 7) is 2.53. The van der Waals surface area contributed by atoms with Crippen molar-refractivity contribution < 1.29 is 18.4 Å². The molecule has 0 atom stereocenters. The van der Waals surface area contributed by atoms with E-state index in [-0.39, 0.29) is 17.3 Å². The standard InChI is InChI=1S/C17H15F2N3O2/c1-10-2-3-11(8-15(10)19)21-16(23)13-9-12(4-5-14(13)18)22-7-6-20-17(22)24/h2-5,8-9H,6-7H2,1H3,(H,20,24)(H,21,23). The van der Waals surface area contributed by atoms with Gasteiger partial charge in [0.1, 0.15) is 11.6 Å². The Hall–Kier alpha value is -2.96. The third-order valence-electron chi connectivity index (χ3n) is 3.79. The fourth-order valence-electron chi connectivity index (χ4n) is 2.44. The van der Waals surface area contributed by atoms with Crippen molar-refractivity contribution in [2.24, 2.45) is 0 Å². The number of anilines is 2. The first kappa shape index (κ1) is 15.9. The molecule has 0 bridgehead atoms. The summed E-state index contributed by atoms with van der Waals surface area (Å²) in [5.74, 6) is -1.89. The van der Waals surface area contributed by atoms with Crippen LogP contribution < -0.4 is 15.5 Å². The van der Waals surface area contributed by atoms with E-state index in [0.29, 0.717) is 24.3 Å². The lowest BCUT2D eigenvalue weighted by molar-refractivity contribution is 0.102. The maximum atomic E-state index is 14.0. The average Bonchev–Trinajstić information content (AvgIpc) is 2.97. The fraction of sp³-hybridized carbons (Fsp3) is 0.176. The summed E-state index contributed by atoms with van der Waals surface area (Å²) < 4.78 is 27.5. The summed E-state index contributed by atoms with van der Waals surface area (Å²) >= 11 is 0. The SMILES string of the molecule is Cc1ccc(NC(=O)c2cc(N3CCNC3=O)ccc2F)cc1F. The maximum absolute atomic E-state index is 14.0. The van der Waals surface area contributed by atoms with Crippen LogP contribution in [0.4, 0.5) is 25.0 Å². The highest BCUT2D eigenvalue weighted by Crippen LogP contribution is 2.22. The summed E-state index contributed by atoms with van der Waals surface area (Å²) in [6.07, 6.45) is 0. The quantitative estimate of drug-likeness (QED) is 0.908. The molecule has 0 spiro atoms. The molecule has 2 aromatic rings. The predicted molar refractivity (Wildman–Crippen MR) is 86.2 cm³/mol. The molecule has 0 aliphatic carbocycles. The van der Waals surface area contributed by atoms with E-state index in [1.165, 1.54) is 35.2 Å². The van der Waals surface area contributed by atoms with E-state index < -0.39 is 17.5 Å². The van der Waals surface area contributed by atoms with Crippen molar-refractivity contribution >= 4 is 23.3 Å². The molecule has 1 aliphatic rings. The van der Waals surface area contributed by atoms with Gasteiger partial charge in [0.2, 0.25) is 0 Å². The van der Waals surface area contributed by atoms with E-state index in [1.807, 2.05) is 0 Å². The number of rotatable bonds is 3. The van der Waals surface area contributed by atoms with Gasteiger partial charge in [0.25, 0.3) is 5.91 Å². The molecule has 1 fully saturated rings. The van der Waals surface area contributed by atoms with Crippen molar-refractivity contribution in [2.45, 2.75) is 6.92 Å². The number of carbonyl (C=O) groups excluding carboxylic acids is 2. The van der Waals surface area contributed by atoms with Crippen LogP contribution in [0.2, 0.25) is 0 Å². The molecule has 0 radical (unpaired) electrons. The minimum absolute atomic E-state index is 0.215. The van der Waals surface area contributed by atoms with Crippen LogP contribution >= 0.6 is 0 Å². The van der Waals surface area contributed by atoms with Gasteiger partial charge in [-0.2, -0.15) is 0 Å². The van der Waals surface area contributed by atoms with Gasteiger partial charge >= 0.3 is 6.03 Å². The van der Waals surface area contributed by atoms with E-state index in [1.54, 1.807) is 6.92 Å². The van der Waals surface area contributed by atoms with E-state index in [9.17, 15) is 18.4 Å². The molecule has 1 saturated heterocycles. The van der Waals surface area contributed by atoms with Gasteiger partial charge in [0, 0.05) is 24.5 Å². The number of nitrogens with one attached hydrogen (secondary N) is 2. The highest BCUT2D eigenvalue weighted by molar-refractivity contribution is 6.05. The zero-order valence-electron chi connectivity index (χ0n) is 12.9. The lowest BCUT2D eigenvalue weighted by Gasteiger charge is -2.15. The minimum atomic E-state index is -0.719. The van der Waals surface area contributed by atoms with Crippen LogP contribution in [0.25, 0.3) is 0 Å². The molecule has 2 N–H and O–H groups in total. The molecule has 24 heavy (non-hydrogen) atoms. The van der Waals surface area contributed by atoms with Crippen LogP contribution in [-0.2, 0) is 0 Å². The largest absolute Gasteiger partial charge is 0.336 e. The van der Waals surface area contributed by atoms with Gasteiger partial charge in [-0.3, -0.25) is 9.69 Å². The number of hydrogen-bond acceptors (Lipinski definition) is 2. The third kappa shape index (κ3) is 3.05. The Balaban J connectivity index is 1.86. The topological polar surface area (TPSA) is 61.4 Å². The maximum Gasteiger partial charge on any atom is 0.321 e. The first-order valence-corrected chi connectivity index (χ1v) is 7.38. The molecule has 3 amide bonds. The molecule has 7 heteroatoms. The molecule has 5 nitrogen and oxygen atoms in total. The average molecular weight is 331 g/mol.